The molecule has 2 aromatic carbocycles. The van der Waals surface area contributed by atoms with Gasteiger partial charge in [-0.25, -0.2) is 9.38 Å². The number of benzene rings is 2. The number of ether oxygens (including phenoxy) is 1. The maximum Gasteiger partial charge on any atom is 0.274 e. The van der Waals surface area contributed by atoms with E-state index in [-0.39, 0.29) is 21.6 Å². The number of halogens is 1. The van der Waals surface area contributed by atoms with Gasteiger partial charge < -0.3 is 15.4 Å². The van der Waals surface area contributed by atoms with Gasteiger partial charge in [0.2, 0.25) is 0 Å². The number of anilines is 2. The second-order valence-electron chi connectivity index (χ2n) is 7.74. The normalized spacial score (nSPS) is 11.0. The second kappa shape index (κ2) is 9.66. The molecule has 0 aliphatic heterocycles. The summed E-state index contributed by atoms with van der Waals surface area (Å²) in [4.78, 5) is 43.8. The molecule has 2 N–H and O–H groups in total. The third-order valence-corrected chi connectivity index (χ3v) is 5.95. The Bertz CT molecular complexity index is 1430. The Balaban J connectivity index is 1.71. The van der Waals surface area contributed by atoms with Crippen molar-refractivity contribution in [1.82, 2.24) is 9.38 Å². The molecule has 8 nitrogen and oxygen atoms in total. The highest BCUT2D eigenvalue weighted by Crippen LogP contribution is 2.25. The molecule has 4 rings (SSSR count). The number of nitrogens with zero attached hydrogens (tertiary/aromatic N) is 2. The zero-order valence-corrected chi connectivity index (χ0v) is 20.2. The molecule has 0 aliphatic carbocycles. The number of carbonyl (C=O) groups excluding carboxylic acids is 2. The van der Waals surface area contributed by atoms with Crippen LogP contribution in [0.1, 0.15) is 39.7 Å². The van der Waals surface area contributed by atoms with E-state index >= 15 is 0 Å². The Hall–Kier alpha value is -3.69. The predicted octanol–water partition coefficient (Wildman–Crippen LogP) is 5.01. The summed E-state index contributed by atoms with van der Waals surface area (Å²) in [6.45, 7) is 5.51. The van der Waals surface area contributed by atoms with Crippen LogP contribution in [0.5, 0.6) is 5.75 Å². The van der Waals surface area contributed by atoms with Crippen molar-refractivity contribution in [2.75, 3.05) is 10.6 Å². The Morgan fingerprint density at radius 3 is 2.21 bits per heavy atom. The monoisotopic (exact) mass is 496 g/mol. The average molecular weight is 497 g/mol. The highest BCUT2D eigenvalue weighted by molar-refractivity contribution is 7.19. The number of hydrogen-bond acceptors (Lipinski definition) is 6. The molecule has 0 fully saturated rings. The van der Waals surface area contributed by atoms with Gasteiger partial charge in [-0.05, 0) is 69.3 Å². The smallest absolute Gasteiger partial charge is 0.274 e. The van der Waals surface area contributed by atoms with Gasteiger partial charge >= 0.3 is 0 Å². The van der Waals surface area contributed by atoms with E-state index in [9.17, 15) is 14.4 Å². The maximum absolute atomic E-state index is 13.3. The van der Waals surface area contributed by atoms with Gasteiger partial charge in [-0.1, -0.05) is 22.9 Å². The fourth-order valence-corrected chi connectivity index (χ4v) is 4.44. The molecule has 0 saturated carbocycles. The average Bonchev–Trinajstić information content (AvgIpc) is 3.16. The lowest BCUT2D eigenvalue weighted by Gasteiger charge is -2.11. The molecule has 10 heteroatoms. The largest absolute Gasteiger partial charge is 0.491 e. The molecule has 0 radical (unpaired) electrons. The first-order valence-electron chi connectivity index (χ1n) is 10.4. The van der Waals surface area contributed by atoms with Gasteiger partial charge in [-0.2, -0.15) is 0 Å². The summed E-state index contributed by atoms with van der Waals surface area (Å²) < 4.78 is 6.77. The molecule has 0 spiro atoms. The highest BCUT2D eigenvalue weighted by atomic mass is 35.5. The Morgan fingerprint density at radius 2 is 1.59 bits per heavy atom. The molecule has 174 valence electrons. The molecule has 2 aromatic heterocycles. The minimum absolute atomic E-state index is 0.0159. The first-order valence-corrected chi connectivity index (χ1v) is 11.6. The first kappa shape index (κ1) is 23.5. The van der Waals surface area contributed by atoms with Crippen molar-refractivity contribution in [3.8, 4) is 5.75 Å². The van der Waals surface area contributed by atoms with Crippen molar-refractivity contribution >= 4 is 51.1 Å². The van der Waals surface area contributed by atoms with Gasteiger partial charge in [0.15, 0.2) is 4.96 Å². The number of aromatic nitrogens is 2. The fraction of sp³-hybridized carbons (Fsp3) is 0.167. The minimum Gasteiger partial charge on any atom is -0.491 e. The fourth-order valence-electron chi connectivity index (χ4n) is 3.25. The molecule has 0 bridgehead atoms. The number of carbonyl (C=O) groups is 2. The number of nitrogens with one attached hydrogen (secondary N) is 2. The van der Waals surface area contributed by atoms with Gasteiger partial charge in [0.1, 0.15) is 16.3 Å². The Morgan fingerprint density at radius 1 is 1.00 bits per heavy atom. The first-order chi connectivity index (χ1) is 16.2. The van der Waals surface area contributed by atoms with Crippen molar-refractivity contribution in [2.45, 2.75) is 26.9 Å². The van der Waals surface area contributed by atoms with Crippen LogP contribution >= 0.6 is 22.9 Å². The molecular formula is C24H21ClN4O4S. The van der Waals surface area contributed by atoms with Gasteiger partial charge in [0.05, 0.1) is 6.10 Å². The summed E-state index contributed by atoms with van der Waals surface area (Å²) in [6, 6.07) is 14.7. The second-order valence-corrected chi connectivity index (χ2v) is 9.15. The Labute approximate surface area is 204 Å². The van der Waals surface area contributed by atoms with E-state index in [1.807, 2.05) is 13.8 Å². The third-order valence-electron chi connectivity index (χ3n) is 4.66. The quantitative estimate of drug-likeness (QED) is 0.390. The number of aryl methyl sites for hydroxylation is 1. The van der Waals surface area contributed by atoms with E-state index in [0.29, 0.717) is 27.8 Å². The van der Waals surface area contributed by atoms with Crippen LogP contribution in [0.15, 0.2) is 59.4 Å². The zero-order chi connectivity index (χ0) is 24.4. The highest BCUT2D eigenvalue weighted by Gasteiger charge is 2.26. The van der Waals surface area contributed by atoms with E-state index in [0.717, 1.165) is 15.7 Å². The Kier molecular flexibility index (Phi) is 6.67. The lowest BCUT2D eigenvalue weighted by atomic mass is 10.2. The van der Waals surface area contributed by atoms with Crippen LogP contribution < -0.4 is 20.9 Å². The number of hydrogen-bond donors (Lipinski definition) is 2. The standard InChI is InChI=1S/C24H21ClN4O4S/c1-13(2)33-18-10-8-17(9-11-18)27-22(31)20-21(23(32)28-16-6-4-15(25)5-7-16)34-24-26-14(3)12-19(30)29(20)24/h4-13H,1-3H3,(H,27,31)(H,28,32). The maximum atomic E-state index is 13.3. The van der Waals surface area contributed by atoms with E-state index < -0.39 is 17.4 Å². The van der Waals surface area contributed by atoms with E-state index in [1.54, 1.807) is 55.5 Å². The van der Waals surface area contributed by atoms with Crippen LogP contribution in [0.2, 0.25) is 5.02 Å². The lowest BCUT2D eigenvalue weighted by Crippen LogP contribution is -2.25. The van der Waals surface area contributed by atoms with Crippen LogP contribution in [-0.2, 0) is 0 Å². The van der Waals surface area contributed by atoms with Gasteiger partial charge in [-0.15, -0.1) is 0 Å². The van der Waals surface area contributed by atoms with E-state index in [2.05, 4.69) is 15.6 Å². The van der Waals surface area contributed by atoms with Crippen molar-refractivity contribution in [3.05, 3.63) is 86.2 Å². The van der Waals surface area contributed by atoms with Gasteiger partial charge in [-0.3, -0.25) is 14.4 Å². The molecule has 0 atom stereocenters. The van der Waals surface area contributed by atoms with E-state index in [4.69, 9.17) is 16.3 Å². The van der Waals surface area contributed by atoms with Crippen LogP contribution in [-0.4, -0.2) is 27.3 Å². The SMILES string of the molecule is Cc1cc(=O)n2c(C(=O)Nc3ccc(OC(C)C)cc3)c(C(=O)Nc3ccc(Cl)cc3)sc2n1. The summed E-state index contributed by atoms with van der Waals surface area (Å²) in [5.74, 6) is -0.494. The topological polar surface area (TPSA) is 102 Å². The lowest BCUT2D eigenvalue weighted by molar-refractivity contribution is 0.0989. The molecule has 0 saturated heterocycles. The third kappa shape index (κ3) is 5.11. The molecule has 2 amide bonds. The zero-order valence-electron chi connectivity index (χ0n) is 18.6. The van der Waals surface area contributed by atoms with Crippen molar-refractivity contribution in [3.63, 3.8) is 0 Å². The molecule has 2 heterocycles. The summed E-state index contributed by atoms with van der Waals surface area (Å²) in [7, 11) is 0. The van der Waals surface area contributed by atoms with Gasteiger partial charge in [0.25, 0.3) is 17.4 Å². The number of rotatable bonds is 6. The van der Waals surface area contributed by atoms with Crippen LogP contribution in [0.4, 0.5) is 11.4 Å². The van der Waals surface area contributed by atoms with Gasteiger partial charge in [0, 0.05) is 28.2 Å². The number of fused-ring (bicyclic) bond motifs is 1. The molecule has 34 heavy (non-hydrogen) atoms. The molecular weight excluding hydrogens is 476 g/mol. The molecule has 0 aliphatic rings. The van der Waals surface area contributed by atoms with E-state index in [1.165, 1.54) is 6.07 Å². The summed E-state index contributed by atoms with van der Waals surface area (Å²) in [5.41, 5.74) is 0.929. The predicted molar refractivity (Wildman–Crippen MR) is 134 cm³/mol. The molecule has 4 aromatic rings. The van der Waals surface area contributed by atoms with Crippen LogP contribution in [0, 0.1) is 6.92 Å². The summed E-state index contributed by atoms with van der Waals surface area (Å²) in [6.07, 6.45) is 0.0159. The minimum atomic E-state index is -0.613. The summed E-state index contributed by atoms with van der Waals surface area (Å²) >= 11 is 6.88. The van der Waals surface area contributed by atoms with Crippen molar-refractivity contribution in [2.24, 2.45) is 0 Å². The van der Waals surface area contributed by atoms with Crippen molar-refractivity contribution in [1.29, 1.82) is 0 Å². The number of amides is 2. The van der Waals surface area contributed by atoms with Crippen molar-refractivity contribution < 1.29 is 14.3 Å². The molecule has 0 unspecified atom stereocenters. The summed E-state index contributed by atoms with van der Waals surface area (Å²) in [5, 5.41) is 6.02. The van der Waals surface area contributed by atoms with Crippen LogP contribution in [0.3, 0.4) is 0 Å². The number of thiazole rings is 1. The van der Waals surface area contributed by atoms with Crippen LogP contribution in [0.25, 0.3) is 4.96 Å².